The Kier molecular flexibility index (Phi) is 4.40. The van der Waals surface area contributed by atoms with Crippen LogP contribution in [0.4, 0.5) is 11.5 Å². The van der Waals surface area contributed by atoms with E-state index in [1.54, 1.807) is 36.5 Å². The molecule has 2 aromatic heterocycles. The van der Waals surface area contributed by atoms with Crippen molar-refractivity contribution in [3.8, 4) is 0 Å². The summed E-state index contributed by atoms with van der Waals surface area (Å²) in [6, 6.07) is 12.7. The van der Waals surface area contributed by atoms with Crippen molar-refractivity contribution >= 4 is 58.1 Å². The van der Waals surface area contributed by atoms with Crippen LogP contribution in [0.25, 0.3) is 21.7 Å². The van der Waals surface area contributed by atoms with E-state index in [-0.39, 0.29) is 5.56 Å². The molecule has 5 nitrogen and oxygen atoms in total. The molecule has 0 aliphatic heterocycles. The van der Waals surface area contributed by atoms with Crippen LogP contribution >= 0.6 is 11.6 Å². The smallest absolute Gasteiger partial charge is 0.256 e. The Hall–Kier alpha value is -2.83. The van der Waals surface area contributed by atoms with E-state index >= 15 is 0 Å². The Morgan fingerprint density at radius 3 is 2.68 bits per heavy atom. The highest BCUT2D eigenvalue weighted by atomic mass is 35.5. The van der Waals surface area contributed by atoms with E-state index in [0.717, 1.165) is 5.56 Å². The summed E-state index contributed by atoms with van der Waals surface area (Å²) in [5.41, 5.74) is 8.32. The van der Waals surface area contributed by atoms with Gasteiger partial charge in [0.25, 0.3) is 5.56 Å². The molecule has 0 aliphatic rings. The van der Waals surface area contributed by atoms with Crippen molar-refractivity contribution in [2.24, 2.45) is 5.73 Å². The fourth-order valence-corrected chi connectivity index (χ4v) is 3.38. The standard InChI is InChI=1S/C21H18BClN4O/c1-21(2,24)11-3-5-15(23)17(9-11)27-19-13-7-8-25-20(28)18(13)14-10-12(22)4-6-16(14)26-19/h3-10H,24H2,1-2H3,(H,25,28)(H,26,27). The third-order valence-corrected chi connectivity index (χ3v) is 5.03. The number of halogens is 1. The molecule has 4 aromatic rings. The van der Waals surface area contributed by atoms with Crippen LogP contribution in [0.2, 0.25) is 5.02 Å². The molecule has 0 aliphatic carbocycles. The fourth-order valence-electron chi connectivity index (χ4n) is 3.22. The van der Waals surface area contributed by atoms with Gasteiger partial charge in [0.2, 0.25) is 0 Å². The second-order valence-electron chi connectivity index (χ2n) is 7.37. The lowest BCUT2D eigenvalue weighted by Crippen LogP contribution is -2.28. The number of hydrogen-bond acceptors (Lipinski definition) is 4. The van der Waals surface area contributed by atoms with Crippen molar-refractivity contribution < 1.29 is 0 Å². The van der Waals surface area contributed by atoms with Gasteiger partial charge in [0.15, 0.2) is 0 Å². The molecule has 2 aromatic carbocycles. The highest BCUT2D eigenvalue weighted by Crippen LogP contribution is 2.33. The van der Waals surface area contributed by atoms with Crippen molar-refractivity contribution in [1.29, 1.82) is 0 Å². The second kappa shape index (κ2) is 6.65. The van der Waals surface area contributed by atoms with Crippen LogP contribution < -0.4 is 22.1 Å². The molecule has 2 radical (unpaired) electrons. The van der Waals surface area contributed by atoms with Crippen LogP contribution in [-0.4, -0.2) is 17.8 Å². The number of anilines is 2. The Bertz CT molecular complexity index is 1280. The molecule has 0 fully saturated rings. The van der Waals surface area contributed by atoms with E-state index in [2.05, 4.69) is 10.3 Å². The molecule has 0 atom stereocenters. The number of rotatable bonds is 3. The summed E-state index contributed by atoms with van der Waals surface area (Å²) in [5.74, 6) is 0.534. The van der Waals surface area contributed by atoms with Gasteiger partial charge in [-0.2, -0.15) is 0 Å². The maximum absolute atomic E-state index is 12.6. The van der Waals surface area contributed by atoms with Crippen LogP contribution in [0.3, 0.4) is 0 Å². The summed E-state index contributed by atoms with van der Waals surface area (Å²) in [4.78, 5) is 20.0. The lowest BCUT2D eigenvalue weighted by atomic mass is 9.93. The predicted octanol–water partition coefficient (Wildman–Crippen LogP) is 3.46. The number of pyridine rings is 2. The third kappa shape index (κ3) is 3.25. The predicted molar refractivity (Wildman–Crippen MR) is 117 cm³/mol. The first-order chi connectivity index (χ1) is 13.2. The molecule has 0 spiro atoms. The summed E-state index contributed by atoms with van der Waals surface area (Å²) in [7, 11) is 5.92. The first kappa shape index (κ1) is 18.5. The molecule has 0 saturated carbocycles. The molecule has 0 amide bonds. The average molecular weight is 389 g/mol. The van der Waals surface area contributed by atoms with Gasteiger partial charge in [-0.3, -0.25) is 4.79 Å². The SMILES string of the molecule is [B]c1ccc2nc(Nc3cc(C(C)(C)N)ccc3Cl)c3cc[nH]c(=O)c3c2c1. The molecule has 4 rings (SSSR count). The van der Waals surface area contributed by atoms with E-state index in [1.165, 1.54) is 0 Å². The minimum absolute atomic E-state index is 0.207. The average Bonchev–Trinajstić information content (AvgIpc) is 2.63. The molecule has 0 unspecified atom stereocenters. The topological polar surface area (TPSA) is 83.8 Å². The fraction of sp³-hybridized carbons (Fsp3) is 0.143. The van der Waals surface area contributed by atoms with Crippen LogP contribution in [0.1, 0.15) is 19.4 Å². The van der Waals surface area contributed by atoms with Crippen molar-refractivity contribution in [3.05, 3.63) is 69.6 Å². The molecule has 138 valence electrons. The van der Waals surface area contributed by atoms with Crippen molar-refractivity contribution in [3.63, 3.8) is 0 Å². The van der Waals surface area contributed by atoms with E-state index < -0.39 is 5.54 Å². The Balaban J connectivity index is 1.96. The normalized spacial score (nSPS) is 11.9. The monoisotopic (exact) mass is 388 g/mol. The maximum Gasteiger partial charge on any atom is 0.256 e. The van der Waals surface area contributed by atoms with Gasteiger partial charge >= 0.3 is 0 Å². The summed E-state index contributed by atoms with van der Waals surface area (Å²) in [6.45, 7) is 3.85. The summed E-state index contributed by atoms with van der Waals surface area (Å²) >= 11 is 6.40. The zero-order valence-corrected chi connectivity index (χ0v) is 16.3. The van der Waals surface area contributed by atoms with Gasteiger partial charge in [-0.25, -0.2) is 4.98 Å². The molecule has 2 heterocycles. The molecule has 7 heteroatoms. The summed E-state index contributed by atoms with van der Waals surface area (Å²) in [5, 5.41) is 5.71. The van der Waals surface area contributed by atoms with Gasteiger partial charge in [0.1, 0.15) is 13.7 Å². The number of aromatic amines is 1. The summed E-state index contributed by atoms with van der Waals surface area (Å²) < 4.78 is 0. The van der Waals surface area contributed by atoms with Gasteiger partial charge in [-0.05, 0) is 43.7 Å². The minimum Gasteiger partial charge on any atom is -0.338 e. The highest BCUT2D eigenvalue weighted by Gasteiger charge is 2.17. The zero-order chi connectivity index (χ0) is 20.1. The minimum atomic E-state index is -0.519. The number of nitrogens with zero attached hydrogens (tertiary/aromatic N) is 1. The molecular weight excluding hydrogens is 371 g/mol. The molecule has 0 bridgehead atoms. The van der Waals surface area contributed by atoms with Crippen molar-refractivity contribution in [2.45, 2.75) is 19.4 Å². The Morgan fingerprint density at radius 2 is 1.93 bits per heavy atom. The van der Waals surface area contributed by atoms with Gasteiger partial charge in [0, 0.05) is 22.5 Å². The van der Waals surface area contributed by atoms with Gasteiger partial charge in [0.05, 0.1) is 21.6 Å². The highest BCUT2D eigenvalue weighted by molar-refractivity contribution is 6.34. The van der Waals surface area contributed by atoms with Crippen LogP contribution in [0.15, 0.2) is 53.5 Å². The zero-order valence-electron chi connectivity index (χ0n) is 15.5. The largest absolute Gasteiger partial charge is 0.338 e. The van der Waals surface area contributed by atoms with Crippen LogP contribution in [-0.2, 0) is 5.54 Å². The first-order valence-corrected chi connectivity index (χ1v) is 9.18. The number of nitrogens with two attached hydrogens (primary N) is 1. The van der Waals surface area contributed by atoms with Crippen LogP contribution in [0.5, 0.6) is 0 Å². The lowest BCUT2D eigenvalue weighted by Gasteiger charge is -2.21. The number of hydrogen-bond donors (Lipinski definition) is 3. The van der Waals surface area contributed by atoms with Crippen LogP contribution in [0, 0.1) is 0 Å². The Labute approximate surface area is 168 Å². The number of fused-ring (bicyclic) bond motifs is 3. The van der Waals surface area contributed by atoms with Gasteiger partial charge in [-0.1, -0.05) is 35.3 Å². The molecular formula is C21H18BClN4O. The number of nitrogens with one attached hydrogen (secondary N) is 2. The van der Waals surface area contributed by atoms with Gasteiger partial charge in [-0.15, -0.1) is 0 Å². The Morgan fingerprint density at radius 1 is 1.14 bits per heavy atom. The lowest BCUT2D eigenvalue weighted by molar-refractivity contribution is 0.555. The van der Waals surface area contributed by atoms with Gasteiger partial charge < -0.3 is 16.0 Å². The molecule has 4 N–H and O–H groups in total. The second-order valence-corrected chi connectivity index (χ2v) is 7.78. The van der Waals surface area contributed by atoms with Crippen molar-refractivity contribution in [1.82, 2.24) is 9.97 Å². The first-order valence-electron chi connectivity index (χ1n) is 8.80. The number of aromatic nitrogens is 2. The van der Waals surface area contributed by atoms with E-state index in [1.807, 2.05) is 26.0 Å². The maximum atomic E-state index is 12.6. The summed E-state index contributed by atoms with van der Waals surface area (Å²) in [6.07, 6.45) is 1.59. The van der Waals surface area contributed by atoms with E-state index in [9.17, 15) is 4.79 Å². The number of benzene rings is 2. The van der Waals surface area contributed by atoms with E-state index in [4.69, 9.17) is 30.2 Å². The third-order valence-electron chi connectivity index (χ3n) is 4.70. The molecule has 0 saturated heterocycles. The quantitative estimate of drug-likeness (QED) is 0.371. The molecule has 28 heavy (non-hydrogen) atoms. The van der Waals surface area contributed by atoms with Crippen molar-refractivity contribution in [2.75, 3.05) is 5.32 Å². The van der Waals surface area contributed by atoms with E-state index in [0.29, 0.717) is 43.7 Å². The number of H-pyrrole nitrogens is 1.